The van der Waals surface area contributed by atoms with Crippen molar-refractivity contribution in [3.8, 4) is 0 Å². The normalized spacial score (nSPS) is 10.6. The Hall–Kier alpha value is -1.42. The molecule has 0 radical (unpaired) electrons. The van der Waals surface area contributed by atoms with Crippen LogP contribution in [0.5, 0.6) is 0 Å². The topological polar surface area (TPSA) is 50.4 Å². The summed E-state index contributed by atoms with van der Waals surface area (Å²) in [6.07, 6.45) is 3.77. The van der Waals surface area contributed by atoms with E-state index in [-0.39, 0.29) is 5.11 Å². The summed E-state index contributed by atoms with van der Waals surface area (Å²) in [4.78, 5) is 0. The number of nitrogens with two attached hydrogens (primary N) is 1. The van der Waals surface area contributed by atoms with Gasteiger partial charge < -0.3 is 5.73 Å². The number of benzene rings is 1. The molecular formula is C12H17N3S. The van der Waals surface area contributed by atoms with Crippen molar-refractivity contribution < 1.29 is 0 Å². The second-order valence-electron chi connectivity index (χ2n) is 3.47. The number of hydrazone groups is 1. The molecule has 0 aliphatic heterocycles. The summed E-state index contributed by atoms with van der Waals surface area (Å²) in [6, 6.07) is 6.43. The molecule has 86 valence electrons. The molecule has 0 atom stereocenters. The molecule has 1 aromatic carbocycles. The summed E-state index contributed by atoms with van der Waals surface area (Å²) >= 11 is 4.67. The van der Waals surface area contributed by atoms with Crippen LogP contribution in [-0.2, 0) is 12.8 Å². The molecular weight excluding hydrogens is 218 g/mol. The number of nitrogens with one attached hydrogen (secondary N) is 1. The van der Waals surface area contributed by atoms with Crippen molar-refractivity contribution in [1.29, 1.82) is 0 Å². The van der Waals surface area contributed by atoms with Gasteiger partial charge in [0.2, 0.25) is 0 Å². The molecule has 0 aliphatic rings. The molecule has 0 bridgehead atoms. The van der Waals surface area contributed by atoms with Crippen molar-refractivity contribution in [2.45, 2.75) is 26.7 Å². The number of aryl methyl sites for hydroxylation is 2. The Kier molecular flexibility index (Phi) is 4.92. The van der Waals surface area contributed by atoms with Gasteiger partial charge in [-0.3, -0.25) is 5.43 Å². The van der Waals surface area contributed by atoms with Crippen LogP contribution in [0.15, 0.2) is 23.3 Å². The molecule has 4 heteroatoms. The van der Waals surface area contributed by atoms with Gasteiger partial charge in [0.1, 0.15) is 0 Å². The fourth-order valence-corrected chi connectivity index (χ4v) is 1.52. The van der Waals surface area contributed by atoms with Gasteiger partial charge in [-0.25, -0.2) is 0 Å². The molecule has 0 fully saturated rings. The van der Waals surface area contributed by atoms with E-state index in [0.717, 1.165) is 18.4 Å². The molecule has 0 heterocycles. The molecule has 1 aromatic rings. The fraction of sp³-hybridized carbons (Fsp3) is 0.333. The number of hydrogen-bond acceptors (Lipinski definition) is 2. The lowest BCUT2D eigenvalue weighted by Crippen LogP contribution is -2.24. The fourth-order valence-electron chi connectivity index (χ4n) is 1.47. The second-order valence-corrected chi connectivity index (χ2v) is 3.91. The van der Waals surface area contributed by atoms with Crippen LogP contribution in [0.1, 0.15) is 30.5 Å². The number of rotatable bonds is 4. The smallest absolute Gasteiger partial charge is 0.184 e. The summed E-state index contributed by atoms with van der Waals surface area (Å²) in [5, 5.41) is 4.17. The van der Waals surface area contributed by atoms with E-state index in [1.54, 1.807) is 6.21 Å². The van der Waals surface area contributed by atoms with Crippen molar-refractivity contribution >= 4 is 23.5 Å². The number of thiocarbonyl (C=S) groups is 1. The standard InChI is InChI=1S/C12H17N3S/c1-3-9-5-6-10(4-2)11(7-9)8-14-15-12(13)16/h5-8H,3-4H2,1-2H3,(H3,13,15,16)/b14-8+. The molecule has 0 saturated carbocycles. The van der Waals surface area contributed by atoms with Gasteiger partial charge in [-0.1, -0.05) is 26.0 Å². The minimum atomic E-state index is 0.181. The molecule has 3 nitrogen and oxygen atoms in total. The number of nitrogens with zero attached hydrogens (tertiary/aromatic N) is 1. The van der Waals surface area contributed by atoms with E-state index in [1.807, 2.05) is 0 Å². The molecule has 16 heavy (non-hydrogen) atoms. The van der Waals surface area contributed by atoms with E-state index in [2.05, 4.69) is 54.8 Å². The average molecular weight is 235 g/mol. The molecule has 0 unspecified atom stereocenters. The van der Waals surface area contributed by atoms with Gasteiger partial charge in [0, 0.05) is 0 Å². The predicted octanol–water partition coefficient (Wildman–Crippen LogP) is 1.98. The maximum absolute atomic E-state index is 5.29. The number of hydrogen-bond donors (Lipinski definition) is 2. The first-order valence-corrected chi connectivity index (χ1v) is 5.78. The highest BCUT2D eigenvalue weighted by Crippen LogP contribution is 2.11. The molecule has 0 aromatic heterocycles. The summed E-state index contributed by atoms with van der Waals surface area (Å²) in [5.41, 5.74) is 11.5. The summed E-state index contributed by atoms with van der Waals surface area (Å²) < 4.78 is 0. The zero-order valence-corrected chi connectivity index (χ0v) is 10.5. The summed E-state index contributed by atoms with van der Waals surface area (Å²) in [6.45, 7) is 4.26. The first-order chi connectivity index (χ1) is 7.67. The van der Waals surface area contributed by atoms with Crippen LogP contribution in [-0.4, -0.2) is 11.3 Å². The summed E-state index contributed by atoms with van der Waals surface area (Å²) in [5.74, 6) is 0. The lowest BCUT2D eigenvalue weighted by Gasteiger charge is -2.05. The molecule has 3 N–H and O–H groups in total. The van der Waals surface area contributed by atoms with E-state index >= 15 is 0 Å². The minimum absolute atomic E-state index is 0.181. The van der Waals surface area contributed by atoms with Crippen LogP contribution < -0.4 is 11.2 Å². The van der Waals surface area contributed by atoms with Crippen LogP contribution in [0.25, 0.3) is 0 Å². The maximum Gasteiger partial charge on any atom is 0.184 e. The van der Waals surface area contributed by atoms with Gasteiger partial charge in [-0.15, -0.1) is 0 Å². The lowest BCUT2D eigenvalue weighted by molar-refractivity contribution is 1.04. The Labute approximate surface area is 102 Å². The van der Waals surface area contributed by atoms with E-state index < -0.39 is 0 Å². The zero-order chi connectivity index (χ0) is 12.0. The van der Waals surface area contributed by atoms with Crippen LogP contribution in [0, 0.1) is 0 Å². The maximum atomic E-state index is 5.29. The van der Waals surface area contributed by atoms with Gasteiger partial charge in [-0.2, -0.15) is 5.10 Å². The Bertz CT molecular complexity index is 399. The van der Waals surface area contributed by atoms with Crippen molar-refractivity contribution in [2.24, 2.45) is 10.8 Å². The molecule has 1 rings (SSSR count). The largest absolute Gasteiger partial charge is 0.375 e. The monoisotopic (exact) mass is 235 g/mol. The van der Waals surface area contributed by atoms with Crippen LogP contribution in [0.3, 0.4) is 0 Å². The average Bonchev–Trinajstić information content (AvgIpc) is 2.28. The first kappa shape index (κ1) is 12.6. The van der Waals surface area contributed by atoms with Crippen molar-refractivity contribution in [3.05, 3.63) is 34.9 Å². The SMILES string of the molecule is CCc1ccc(CC)c(/C=N/NC(N)=S)c1. The van der Waals surface area contributed by atoms with E-state index in [9.17, 15) is 0 Å². The van der Waals surface area contributed by atoms with Gasteiger partial charge >= 0.3 is 0 Å². The predicted molar refractivity (Wildman–Crippen MR) is 72.7 cm³/mol. The van der Waals surface area contributed by atoms with Crippen molar-refractivity contribution in [1.82, 2.24) is 5.43 Å². The third-order valence-electron chi connectivity index (χ3n) is 2.38. The van der Waals surface area contributed by atoms with E-state index in [1.165, 1.54) is 11.1 Å². The third-order valence-corrected chi connectivity index (χ3v) is 2.47. The van der Waals surface area contributed by atoms with Gasteiger partial charge in [-0.05, 0) is 47.8 Å². The van der Waals surface area contributed by atoms with Crippen LogP contribution in [0.2, 0.25) is 0 Å². The highest BCUT2D eigenvalue weighted by molar-refractivity contribution is 7.80. The quantitative estimate of drug-likeness (QED) is 0.476. The molecule has 0 aliphatic carbocycles. The Balaban J connectivity index is 2.90. The van der Waals surface area contributed by atoms with Gasteiger partial charge in [0.25, 0.3) is 0 Å². The van der Waals surface area contributed by atoms with E-state index in [0.29, 0.717) is 0 Å². The van der Waals surface area contributed by atoms with Crippen molar-refractivity contribution in [3.63, 3.8) is 0 Å². The Morgan fingerprint density at radius 3 is 2.75 bits per heavy atom. The Morgan fingerprint density at radius 1 is 1.44 bits per heavy atom. The van der Waals surface area contributed by atoms with Gasteiger partial charge in [0.05, 0.1) is 6.21 Å². The molecule has 0 spiro atoms. The van der Waals surface area contributed by atoms with E-state index in [4.69, 9.17) is 5.73 Å². The molecule has 0 saturated heterocycles. The second kappa shape index (κ2) is 6.23. The molecule has 0 amide bonds. The highest BCUT2D eigenvalue weighted by Gasteiger charge is 1.99. The summed E-state index contributed by atoms with van der Waals surface area (Å²) in [7, 11) is 0. The Morgan fingerprint density at radius 2 is 2.19 bits per heavy atom. The van der Waals surface area contributed by atoms with Gasteiger partial charge in [0.15, 0.2) is 5.11 Å². The minimum Gasteiger partial charge on any atom is -0.375 e. The van der Waals surface area contributed by atoms with Crippen LogP contribution >= 0.6 is 12.2 Å². The third kappa shape index (κ3) is 3.62. The first-order valence-electron chi connectivity index (χ1n) is 5.37. The lowest BCUT2D eigenvalue weighted by atomic mass is 10.0. The van der Waals surface area contributed by atoms with Crippen LogP contribution in [0.4, 0.5) is 0 Å². The van der Waals surface area contributed by atoms with Crippen molar-refractivity contribution in [2.75, 3.05) is 0 Å². The highest BCUT2D eigenvalue weighted by atomic mass is 32.1. The zero-order valence-electron chi connectivity index (χ0n) is 9.66.